The van der Waals surface area contributed by atoms with Gasteiger partial charge in [0.25, 0.3) is 5.91 Å². The van der Waals surface area contributed by atoms with E-state index in [0.717, 1.165) is 18.9 Å². The van der Waals surface area contributed by atoms with E-state index in [2.05, 4.69) is 15.5 Å². The summed E-state index contributed by atoms with van der Waals surface area (Å²) in [7, 11) is 0. The first kappa shape index (κ1) is 23.3. The van der Waals surface area contributed by atoms with Crippen molar-refractivity contribution in [3.63, 3.8) is 0 Å². The Bertz CT molecular complexity index is 1020. The van der Waals surface area contributed by atoms with Crippen LogP contribution in [0.1, 0.15) is 54.5 Å². The number of nitrogens with zero attached hydrogens (tertiary/aromatic N) is 5. The number of nitrogens with one attached hydrogen (secondary N) is 1. The number of alkyl halides is 3. The van der Waals surface area contributed by atoms with Crippen molar-refractivity contribution >= 4 is 17.5 Å². The normalized spacial score (nSPS) is 17.8. The number of carbonyl (C=O) groups excluding carboxylic acids is 2. The molecule has 2 aromatic rings. The highest BCUT2D eigenvalue weighted by atomic mass is 19.4. The average Bonchev–Trinajstić information content (AvgIpc) is 3.41. The zero-order chi connectivity index (χ0) is 23.8. The molecule has 1 saturated carbocycles. The second kappa shape index (κ2) is 9.16. The first-order chi connectivity index (χ1) is 15.7. The molecule has 2 aromatic heterocycles. The highest BCUT2D eigenvalue weighted by Crippen LogP contribution is 2.42. The number of ether oxygens (including phenoxy) is 1. The Morgan fingerprint density at radius 2 is 1.94 bits per heavy atom. The minimum Gasteiger partial charge on any atom is -0.378 e. The second-order valence-electron chi connectivity index (χ2n) is 8.43. The molecule has 1 saturated heterocycles. The van der Waals surface area contributed by atoms with Gasteiger partial charge in [-0.05, 0) is 25.8 Å². The number of halogens is 3. The minimum absolute atomic E-state index is 0.00239. The van der Waals surface area contributed by atoms with Gasteiger partial charge in [-0.25, -0.2) is 0 Å². The lowest BCUT2D eigenvalue weighted by atomic mass is 10.1. The lowest BCUT2D eigenvalue weighted by Crippen LogP contribution is -2.42. The van der Waals surface area contributed by atoms with Crippen molar-refractivity contribution in [2.24, 2.45) is 5.92 Å². The molecule has 1 N–H and O–H groups in total. The van der Waals surface area contributed by atoms with Crippen molar-refractivity contribution in [2.45, 2.75) is 51.9 Å². The molecule has 1 aliphatic carbocycles. The number of rotatable bonds is 7. The molecule has 2 aliphatic rings. The van der Waals surface area contributed by atoms with Gasteiger partial charge in [0.1, 0.15) is 5.69 Å². The van der Waals surface area contributed by atoms with Gasteiger partial charge < -0.3 is 15.0 Å². The maximum Gasteiger partial charge on any atom is 0.435 e. The van der Waals surface area contributed by atoms with E-state index >= 15 is 0 Å². The molecule has 0 bridgehead atoms. The summed E-state index contributed by atoms with van der Waals surface area (Å²) in [5, 5.41) is 10.7. The second-order valence-corrected chi connectivity index (χ2v) is 8.43. The third-order valence-corrected chi connectivity index (χ3v) is 5.89. The van der Waals surface area contributed by atoms with Gasteiger partial charge in [-0.2, -0.15) is 23.4 Å². The Kier molecular flexibility index (Phi) is 6.46. The summed E-state index contributed by atoms with van der Waals surface area (Å²) in [6, 6.07) is 1.08. The van der Waals surface area contributed by atoms with Gasteiger partial charge in [-0.3, -0.25) is 19.0 Å². The molecule has 1 aliphatic heterocycles. The molecule has 2 fully saturated rings. The Labute approximate surface area is 188 Å². The molecule has 0 aromatic carbocycles. The van der Waals surface area contributed by atoms with Gasteiger partial charge in [0, 0.05) is 31.2 Å². The predicted octanol–water partition coefficient (Wildman–Crippen LogP) is 2.74. The predicted molar refractivity (Wildman–Crippen MR) is 112 cm³/mol. The van der Waals surface area contributed by atoms with Crippen LogP contribution < -0.4 is 5.32 Å². The van der Waals surface area contributed by atoms with Gasteiger partial charge in [-0.15, -0.1) is 0 Å². The number of carbonyl (C=O) groups is 2. The van der Waals surface area contributed by atoms with Crippen LogP contribution >= 0.6 is 0 Å². The van der Waals surface area contributed by atoms with Crippen LogP contribution in [0.25, 0.3) is 0 Å². The van der Waals surface area contributed by atoms with Crippen LogP contribution in [0.4, 0.5) is 18.9 Å². The quantitative estimate of drug-likeness (QED) is 0.675. The highest BCUT2D eigenvalue weighted by molar-refractivity contribution is 6.02. The Hall–Kier alpha value is -2.89. The lowest BCUT2D eigenvalue weighted by molar-refractivity contribution is -0.141. The summed E-state index contributed by atoms with van der Waals surface area (Å²) in [6.45, 7) is 5.68. The molecule has 180 valence electrons. The summed E-state index contributed by atoms with van der Waals surface area (Å²) < 4.78 is 47.6. The van der Waals surface area contributed by atoms with Crippen molar-refractivity contribution in [3.05, 3.63) is 29.3 Å². The summed E-state index contributed by atoms with van der Waals surface area (Å²) >= 11 is 0. The highest BCUT2D eigenvalue weighted by Gasteiger charge is 2.38. The Balaban J connectivity index is 1.49. The van der Waals surface area contributed by atoms with Crippen molar-refractivity contribution in [2.75, 3.05) is 31.6 Å². The van der Waals surface area contributed by atoms with E-state index in [1.165, 1.54) is 15.6 Å². The van der Waals surface area contributed by atoms with Gasteiger partial charge in [0.15, 0.2) is 5.69 Å². The maximum absolute atomic E-state index is 13.1. The Morgan fingerprint density at radius 3 is 2.55 bits per heavy atom. The molecule has 33 heavy (non-hydrogen) atoms. The number of amides is 2. The number of aryl methyl sites for hydroxylation is 1. The van der Waals surface area contributed by atoms with Crippen LogP contribution in [0, 0.1) is 5.92 Å². The van der Waals surface area contributed by atoms with E-state index in [4.69, 9.17) is 4.74 Å². The molecular formula is C21H27F3N6O3. The number of anilines is 1. The summed E-state index contributed by atoms with van der Waals surface area (Å²) in [5.41, 5.74) is 0.115. The van der Waals surface area contributed by atoms with Crippen LogP contribution in [0.15, 0.2) is 12.3 Å². The Morgan fingerprint density at radius 1 is 1.24 bits per heavy atom. The van der Waals surface area contributed by atoms with Crippen molar-refractivity contribution < 1.29 is 27.5 Å². The molecule has 0 spiro atoms. The fourth-order valence-corrected chi connectivity index (χ4v) is 3.88. The minimum atomic E-state index is -4.54. The van der Waals surface area contributed by atoms with Gasteiger partial charge in [0.2, 0.25) is 5.91 Å². The molecule has 3 heterocycles. The zero-order valence-corrected chi connectivity index (χ0v) is 18.6. The molecule has 4 rings (SSSR count). The fraction of sp³-hybridized carbons (Fsp3) is 0.619. The smallest absolute Gasteiger partial charge is 0.378 e. The molecule has 0 radical (unpaired) electrons. The zero-order valence-electron chi connectivity index (χ0n) is 18.6. The van der Waals surface area contributed by atoms with Crippen LogP contribution in [0.3, 0.4) is 0 Å². The summed E-state index contributed by atoms with van der Waals surface area (Å²) in [6.07, 6.45) is -1.49. The topological polar surface area (TPSA) is 94.3 Å². The molecule has 1 atom stereocenters. The monoisotopic (exact) mass is 468 g/mol. The van der Waals surface area contributed by atoms with Crippen LogP contribution in [-0.2, 0) is 28.8 Å². The van der Waals surface area contributed by atoms with E-state index in [1.54, 1.807) is 11.8 Å². The largest absolute Gasteiger partial charge is 0.435 e. The van der Waals surface area contributed by atoms with Crippen molar-refractivity contribution in [1.82, 2.24) is 24.5 Å². The molecule has 2 amide bonds. The summed E-state index contributed by atoms with van der Waals surface area (Å²) in [5.74, 6) is -1.31. The molecule has 12 heteroatoms. The first-order valence-electron chi connectivity index (χ1n) is 11.1. The number of hydrogen-bond acceptors (Lipinski definition) is 5. The van der Waals surface area contributed by atoms with Gasteiger partial charge in [-0.1, -0.05) is 6.92 Å². The van der Waals surface area contributed by atoms with Crippen LogP contribution in [-0.4, -0.2) is 62.6 Å². The summed E-state index contributed by atoms with van der Waals surface area (Å²) in [4.78, 5) is 27.6. The van der Waals surface area contributed by atoms with Gasteiger partial charge >= 0.3 is 6.18 Å². The van der Waals surface area contributed by atoms with Crippen LogP contribution in [0.2, 0.25) is 0 Å². The number of morpholine rings is 1. The average molecular weight is 468 g/mol. The van der Waals surface area contributed by atoms with Crippen LogP contribution in [0.5, 0.6) is 0 Å². The van der Waals surface area contributed by atoms with E-state index in [1.807, 2.05) is 6.92 Å². The maximum atomic E-state index is 13.1. The van der Waals surface area contributed by atoms with E-state index in [0.29, 0.717) is 38.5 Å². The molecular weight excluding hydrogens is 441 g/mol. The fourth-order valence-electron chi connectivity index (χ4n) is 3.88. The van der Waals surface area contributed by atoms with E-state index < -0.39 is 23.7 Å². The standard InChI is InChI=1S/C21H27F3N6O3/c1-3-29-18(20(32)28-6-8-33-9-7-28)15(11-25-29)26-19(31)13(2)12-30-16(14-4-5-14)10-17(27-30)21(22,23)24/h10-11,13-14H,3-9,12H2,1-2H3,(H,26,31). The SMILES string of the molecule is CCn1ncc(NC(=O)C(C)Cn2nc(C(F)(F)F)cc2C2CC2)c1C(=O)N1CCOCC1. The number of aromatic nitrogens is 4. The number of hydrogen-bond donors (Lipinski definition) is 1. The first-order valence-corrected chi connectivity index (χ1v) is 11.1. The van der Waals surface area contributed by atoms with Crippen molar-refractivity contribution in [3.8, 4) is 0 Å². The van der Waals surface area contributed by atoms with E-state index in [9.17, 15) is 22.8 Å². The third-order valence-electron chi connectivity index (χ3n) is 5.89. The lowest BCUT2D eigenvalue weighted by Gasteiger charge is -2.27. The van der Waals surface area contributed by atoms with Crippen molar-refractivity contribution in [1.29, 1.82) is 0 Å². The van der Waals surface area contributed by atoms with E-state index in [-0.39, 0.29) is 29.8 Å². The molecule has 1 unspecified atom stereocenters. The van der Waals surface area contributed by atoms with Gasteiger partial charge in [0.05, 0.1) is 37.6 Å². The molecule has 9 nitrogen and oxygen atoms in total. The third kappa shape index (κ3) is 5.05.